The Labute approximate surface area is 135 Å². The van der Waals surface area contributed by atoms with E-state index in [1.807, 2.05) is 19.3 Å². The molecule has 0 aromatic heterocycles. The Morgan fingerprint density at radius 3 is 2.55 bits per heavy atom. The molecule has 1 saturated heterocycles. The number of carbonyl (C=O) groups excluding carboxylic acids is 1. The molecule has 4 rings (SSSR count). The standard InChI is InChI=1S/C16H24O5S/c1-14(13-20-7-8-21-13)9-11-5-6-16(14,19-3)12(17)15(11,18-2)10-22-4/h5-6,11,13H,7-10H2,1-4H3/t11-,14-,15+,16+/m1/s1. The molecule has 1 aliphatic heterocycles. The van der Waals surface area contributed by atoms with E-state index in [1.54, 1.807) is 26.0 Å². The van der Waals surface area contributed by atoms with E-state index in [1.165, 1.54) is 0 Å². The minimum absolute atomic E-state index is 0.00674. The van der Waals surface area contributed by atoms with Gasteiger partial charge in [-0.1, -0.05) is 13.0 Å². The van der Waals surface area contributed by atoms with E-state index in [0.29, 0.717) is 19.0 Å². The molecule has 6 heteroatoms. The molecular formula is C16H24O5S. The van der Waals surface area contributed by atoms with Crippen LogP contribution in [0.3, 0.4) is 0 Å². The highest BCUT2D eigenvalue weighted by Gasteiger charge is 2.71. The summed E-state index contributed by atoms with van der Waals surface area (Å²) in [6.07, 6.45) is 6.27. The molecule has 4 aliphatic rings. The lowest BCUT2D eigenvalue weighted by atomic mass is 9.51. The average molecular weight is 328 g/mol. The fourth-order valence-electron chi connectivity index (χ4n) is 4.34. The lowest BCUT2D eigenvalue weighted by Crippen LogP contribution is -2.74. The minimum atomic E-state index is -1.07. The maximum atomic E-state index is 13.4. The summed E-state index contributed by atoms with van der Waals surface area (Å²) in [4.78, 5) is 13.4. The van der Waals surface area contributed by atoms with Crippen molar-refractivity contribution in [2.75, 3.05) is 39.4 Å². The van der Waals surface area contributed by atoms with Crippen LogP contribution in [0.2, 0.25) is 0 Å². The quantitative estimate of drug-likeness (QED) is 0.716. The van der Waals surface area contributed by atoms with Gasteiger partial charge in [-0.05, 0) is 18.8 Å². The number of ether oxygens (including phenoxy) is 4. The van der Waals surface area contributed by atoms with Gasteiger partial charge in [-0.3, -0.25) is 4.79 Å². The van der Waals surface area contributed by atoms with Gasteiger partial charge in [-0.25, -0.2) is 0 Å². The van der Waals surface area contributed by atoms with Crippen LogP contribution >= 0.6 is 11.8 Å². The number of thioether (sulfide) groups is 1. The van der Waals surface area contributed by atoms with Gasteiger partial charge in [-0.15, -0.1) is 0 Å². The number of hydrogen-bond acceptors (Lipinski definition) is 6. The molecule has 0 radical (unpaired) electrons. The molecule has 2 fully saturated rings. The van der Waals surface area contributed by atoms with E-state index < -0.39 is 22.9 Å². The van der Waals surface area contributed by atoms with Gasteiger partial charge >= 0.3 is 0 Å². The van der Waals surface area contributed by atoms with E-state index in [-0.39, 0.29) is 11.7 Å². The summed E-state index contributed by atoms with van der Waals surface area (Å²) in [5, 5.41) is 0. The topological polar surface area (TPSA) is 54.0 Å². The van der Waals surface area contributed by atoms with Gasteiger partial charge < -0.3 is 18.9 Å². The fraction of sp³-hybridized carbons (Fsp3) is 0.812. The summed E-state index contributed by atoms with van der Waals surface area (Å²) < 4.78 is 23.1. The zero-order chi connectivity index (χ0) is 16.0. The van der Waals surface area contributed by atoms with Gasteiger partial charge in [0.25, 0.3) is 0 Å². The molecular weight excluding hydrogens is 304 g/mol. The molecule has 5 nitrogen and oxygen atoms in total. The van der Waals surface area contributed by atoms with E-state index in [0.717, 1.165) is 6.42 Å². The monoisotopic (exact) mass is 328 g/mol. The first-order valence-electron chi connectivity index (χ1n) is 7.57. The number of fused-ring (bicyclic) bond motifs is 2. The van der Waals surface area contributed by atoms with Gasteiger partial charge in [-0.2, -0.15) is 11.8 Å². The smallest absolute Gasteiger partial charge is 0.202 e. The second-order valence-corrected chi connectivity index (χ2v) is 7.32. The summed E-state index contributed by atoms with van der Waals surface area (Å²) in [7, 11) is 3.20. The Morgan fingerprint density at radius 1 is 1.32 bits per heavy atom. The molecule has 0 spiro atoms. The third kappa shape index (κ3) is 1.85. The SMILES string of the molecule is CO[C@]12C=C[C@H](C[C@]1(C)C1OCCO1)[C@](CSC)(OC)C2=O. The Balaban J connectivity index is 2.08. The summed E-state index contributed by atoms with van der Waals surface area (Å²) in [6.45, 7) is 3.14. The predicted octanol–water partition coefficient (Wildman–Crippen LogP) is 1.66. The lowest BCUT2D eigenvalue weighted by molar-refractivity contribution is -0.242. The Kier molecular flexibility index (Phi) is 4.19. The predicted molar refractivity (Wildman–Crippen MR) is 83.9 cm³/mol. The van der Waals surface area contributed by atoms with E-state index in [2.05, 4.69) is 6.08 Å². The van der Waals surface area contributed by atoms with Crippen LogP contribution in [0.15, 0.2) is 12.2 Å². The van der Waals surface area contributed by atoms with Crippen molar-refractivity contribution in [2.45, 2.75) is 30.8 Å². The molecule has 2 bridgehead atoms. The number of hydrogen-bond donors (Lipinski definition) is 0. The first-order chi connectivity index (χ1) is 10.5. The van der Waals surface area contributed by atoms with Gasteiger partial charge in [0.05, 0.1) is 18.6 Å². The molecule has 0 N–H and O–H groups in total. The number of Topliss-reactive ketones (excluding diaryl/α,β-unsaturated/α-hetero) is 1. The van der Waals surface area contributed by atoms with Crippen molar-refractivity contribution in [2.24, 2.45) is 11.3 Å². The Morgan fingerprint density at radius 2 is 2.00 bits per heavy atom. The first kappa shape index (κ1) is 16.5. The molecule has 1 heterocycles. The maximum absolute atomic E-state index is 13.4. The van der Waals surface area contributed by atoms with Crippen LogP contribution < -0.4 is 0 Å². The third-order valence-corrected chi connectivity index (χ3v) is 6.28. The van der Waals surface area contributed by atoms with Crippen molar-refractivity contribution in [1.82, 2.24) is 0 Å². The third-order valence-electron chi connectivity index (χ3n) is 5.56. The van der Waals surface area contributed by atoms with Gasteiger partial charge in [0.1, 0.15) is 5.60 Å². The number of rotatable bonds is 5. The van der Waals surface area contributed by atoms with E-state index in [9.17, 15) is 4.79 Å². The highest BCUT2D eigenvalue weighted by atomic mass is 32.2. The number of methoxy groups -OCH3 is 2. The van der Waals surface area contributed by atoms with Crippen molar-refractivity contribution >= 4 is 17.5 Å². The van der Waals surface area contributed by atoms with Gasteiger partial charge in [0.15, 0.2) is 11.9 Å². The summed E-state index contributed by atoms with van der Waals surface area (Å²) in [6, 6.07) is 0. The second kappa shape index (κ2) is 5.60. The van der Waals surface area contributed by atoms with E-state index in [4.69, 9.17) is 18.9 Å². The highest BCUT2D eigenvalue weighted by molar-refractivity contribution is 7.98. The molecule has 22 heavy (non-hydrogen) atoms. The summed E-state index contributed by atoms with van der Waals surface area (Å²) >= 11 is 1.62. The first-order valence-corrected chi connectivity index (χ1v) is 8.97. The largest absolute Gasteiger partial charge is 0.369 e. The van der Waals surface area contributed by atoms with Crippen molar-refractivity contribution in [3.05, 3.63) is 12.2 Å². The fourth-order valence-corrected chi connectivity index (χ4v) is 5.23. The Hall–Kier alpha value is -0.400. The molecule has 0 aromatic rings. The number of carbonyl (C=O) groups is 1. The second-order valence-electron chi connectivity index (χ2n) is 6.46. The minimum Gasteiger partial charge on any atom is -0.369 e. The van der Waals surface area contributed by atoms with Crippen molar-refractivity contribution < 1.29 is 23.7 Å². The highest BCUT2D eigenvalue weighted by Crippen LogP contribution is 2.59. The normalized spacial score (nSPS) is 44.9. The molecule has 0 unspecified atom stereocenters. The van der Waals surface area contributed by atoms with Crippen LogP contribution in [0.1, 0.15) is 13.3 Å². The lowest BCUT2D eigenvalue weighted by Gasteiger charge is -2.60. The molecule has 4 atom stereocenters. The van der Waals surface area contributed by atoms with Gasteiger partial charge in [0.2, 0.25) is 5.78 Å². The van der Waals surface area contributed by atoms with Crippen molar-refractivity contribution in [1.29, 1.82) is 0 Å². The maximum Gasteiger partial charge on any atom is 0.202 e. The average Bonchev–Trinajstić information content (AvgIpc) is 3.06. The summed E-state index contributed by atoms with van der Waals surface area (Å²) in [5.74, 6) is 0.609. The zero-order valence-electron chi connectivity index (χ0n) is 13.6. The van der Waals surface area contributed by atoms with Crippen LogP contribution in [-0.4, -0.2) is 62.7 Å². The molecule has 3 aliphatic carbocycles. The van der Waals surface area contributed by atoms with Crippen molar-refractivity contribution in [3.8, 4) is 0 Å². The molecule has 124 valence electrons. The molecule has 1 saturated carbocycles. The van der Waals surface area contributed by atoms with Crippen molar-refractivity contribution in [3.63, 3.8) is 0 Å². The zero-order valence-corrected chi connectivity index (χ0v) is 14.4. The molecule has 0 amide bonds. The van der Waals surface area contributed by atoms with Crippen LogP contribution in [-0.2, 0) is 23.7 Å². The van der Waals surface area contributed by atoms with Crippen LogP contribution in [0.4, 0.5) is 0 Å². The van der Waals surface area contributed by atoms with Crippen LogP contribution in [0.25, 0.3) is 0 Å². The van der Waals surface area contributed by atoms with Crippen LogP contribution in [0, 0.1) is 11.3 Å². The molecule has 0 aromatic carbocycles. The van der Waals surface area contributed by atoms with Crippen LogP contribution in [0.5, 0.6) is 0 Å². The van der Waals surface area contributed by atoms with Gasteiger partial charge in [0, 0.05) is 25.9 Å². The summed E-state index contributed by atoms with van der Waals surface area (Å²) in [5.41, 5.74) is -2.44. The number of ketones is 1. The Bertz CT molecular complexity index is 489. The van der Waals surface area contributed by atoms with E-state index >= 15 is 0 Å².